The van der Waals surface area contributed by atoms with E-state index >= 15 is 0 Å². The van der Waals surface area contributed by atoms with Crippen molar-refractivity contribution in [3.63, 3.8) is 0 Å². The van der Waals surface area contributed by atoms with Crippen LogP contribution in [0.1, 0.15) is 12.8 Å². The highest BCUT2D eigenvalue weighted by Crippen LogP contribution is 2.13. The molecule has 1 aromatic carbocycles. The Bertz CT molecular complexity index is 449. The van der Waals surface area contributed by atoms with E-state index in [0.29, 0.717) is 12.2 Å². The van der Waals surface area contributed by atoms with Crippen LogP contribution in [0.3, 0.4) is 0 Å². The molecule has 6 heteroatoms. The number of unbranched alkanes of at least 4 members (excludes halogenated alkanes) is 1. The quantitative estimate of drug-likeness (QED) is 0.715. The Morgan fingerprint density at radius 1 is 1.14 bits per heavy atom. The van der Waals surface area contributed by atoms with Crippen LogP contribution in [0.15, 0.2) is 30.3 Å². The number of anilines is 1. The molecule has 0 saturated carbocycles. The molecule has 2 amide bonds. The Balaban J connectivity index is 2.51. The van der Waals surface area contributed by atoms with Gasteiger partial charge in [-0.25, -0.2) is 4.79 Å². The third-order valence-corrected chi connectivity index (χ3v) is 2.91. The van der Waals surface area contributed by atoms with E-state index in [9.17, 15) is 9.59 Å². The summed E-state index contributed by atoms with van der Waals surface area (Å²) in [6.07, 6.45) is 1.84. The van der Waals surface area contributed by atoms with Gasteiger partial charge in [-0.15, -0.1) is 0 Å². The van der Waals surface area contributed by atoms with Crippen molar-refractivity contribution in [1.29, 1.82) is 0 Å². The van der Waals surface area contributed by atoms with E-state index in [-0.39, 0.29) is 12.6 Å². The zero-order chi connectivity index (χ0) is 15.7. The minimum atomic E-state index is -1.04. The molecule has 0 fully saturated rings. The first-order chi connectivity index (χ1) is 10.0. The van der Waals surface area contributed by atoms with Gasteiger partial charge in [0, 0.05) is 12.2 Å². The van der Waals surface area contributed by atoms with Crippen LogP contribution in [-0.4, -0.2) is 55.7 Å². The molecule has 0 atom stereocenters. The number of rotatable bonds is 8. The maximum atomic E-state index is 12.1. The number of amides is 2. The van der Waals surface area contributed by atoms with Crippen molar-refractivity contribution in [1.82, 2.24) is 10.2 Å². The number of hydrogen-bond donors (Lipinski definition) is 2. The van der Waals surface area contributed by atoms with Crippen molar-refractivity contribution < 1.29 is 14.7 Å². The van der Waals surface area contributed by atoms with Gasteiger partial charge >= 0.3 is 12.0 Å². The maximum Gasteiger partial charge on any atom is 0.323 e. The van der Waals surface area contributed by atoms with Crippen LogP contribution in [-0.2, 0) is 4.79 Å². The van der Waals surface area contributed by atoms with Gasteiger partial charge in [-0.3, -0.25) is 9.69 Å². The standard InChI is InChI=1S/C15H23N3O3/c1-17(2)11-7-6-10-16-15(21)18(12-14(19)20)13-8-4-3-5-9-13/h3-5,8-9H,6-7,10-12H2,1-2H3,(H,16,21)(H,19,20). The van der Waals surface area contributed by atoms with Gasteiger partial charge in [-0.2, -0.15) is 0 Å². The highest BCUT2D eigenvalue weighted by molar-refractivity contribution is 5.96. The Labute approximate surface area is 125 Å². The Morgan fingerprint density at radius 2 is 1.81 bits per heavy atom. The summed E-state index contributed by atoms with van der Waals surface area (Å²) in [5, 5.41) is 11.7. The zero-order valence-corrected chi connectivity index (χ0v) is 12.6. The van der Waals surface area contributed by atoms with Gasteiger partial charge in [0.2, 0.25) is 0 Å². The molecule has 1 aromatic rings. The van der Waals surface area contributed by atoms with Gasteiger partial charge in [-0.05, 0) is 45.6 Å². The predicted molar refractivity (Wildman–Crippen MR) is 82.6 cm³/mol. The van der Waals surface area contributed by atoms with Gasteiger partial charge < -0.3 is 15.3 Å². The van der Waals surface area contributed by atoms with Crippen LogP contribution in [0.25, 0.3) is 0 Å². The smallest absolute Gasteiger partial charge is 0.323 e. The molecule has 0 aromatic heterocycles. The number of hydrogen-bond acceptors (Lipinski definition) is 3. The number of nitrogens with one attached hydrogen (secondary N) is 1. The molecule has 0 aliphatic carbocycles. The Kier molecular flexibility index (Phi) is 7.25. The van der Waals surface area contributed by atoms with Crippen LogP contribution in [0.5, 0.6) is 0 Å². The third kappa shape index (κ3) is 6.76. The van der Waals surface area contributed by atoms with Crippen LogP contribution in [0.4, 0.5) is 10.5 Å². The van der Waals surface area contributed by atoms with E-state index in [4.69, 9.17) is 5.11 Å². The number of para-hydroxylation sites is 1. The van der Waals surface area contributed by atoms with E-state index in [1.165, 1.54) is 4.90 Å². The topological polar surface area (TPSA) is 72.9 Å². The summed E-state index contributed by atoms with van der Waals surface area (Å²) in [7, 11) is 4.01. The molecular formula is C15H23N3O3. The van der Waals surface area contributed by atoms with E-state index in [1.807, 2.05) is 20.2 Å². The van der Waals surface area contributed by atoms with Gasteiger partial charge in [0.1, 0.15) is 6.54 Å². The molecule has 0 saturated heterocycles. The number of nitrogens with zero attached hydrogens (tertiary/aromatic N) is 2. The van der Waals surface area contributed by atoms with Gasteiger partial charge in [-0.1, -0.05) is 18.2 Å². The summed E-state index contributed by atoms with van der Waals surface area (Å²) >= 11 is 0. The second-order valence-corrected chi connectivity index (χ2v) is 5.06. The number of carboxylic acids is 1. The predicted octanol–water partition coefficient (Wildman–Crippen LogP) is 1.63. The lowest BCUT2D eigenvalue weighted by molar-refractivity contribution is -0.135. The average Bonchev–Trinajstić information content (AvgIpc) is 2.44. The molecule has 0 heterocycles. The van der Waals surface area contributed by atoms with Crippen molar-refractivity contribution >= 4 is 17.7 Å². The first-order valence-electron chi connectivity index (χ1n) is 6.97. The lowest BCUT2D eigenvalue weighted by Gasteiger charge is -2.21. The first-order valence-corrected chi connectivity index (χ1v) is 6.97. The van der Waals surface area contributed by atoms with Crippen LogP contribution in [0, 0.1) is 0 Å². The molecular weight excluding hydrogens is 270 g/mol. The lowest BCUT2D eigenvalue weighted by Crippen LogP contribution is -2.43. The van der Waals surface area contributed by atoms with Crippen molar-refractivity contribution in [2.45, 2.75) is 12.8 Å². The van der Waals surface area contributed by atoms with Crippen molar-refractivity contribution in [2.75, 3.05) is 38.6 Å². The molecule has 6 nitrogen and oxygen atoms in total. The minimum absolute atomic E-state index is 0.354. The molecule has 21 heavy (non-hydrogen) atoms. The number of urea groups is 1. The summed E-state index contributed by atoms with van der Waals surface area (Å²) in [4.78, 5) is 26.3. The molecule has 2 N–H and O–H groups in total. The molecule has 0 unspecified atom stereocenters. The maximum absolute atomic E-state index is 12.1. The normalized spacial score (nSPS) is 10.4. The Hall–Kier alpha value is -2.08. The van der Waals surface area contributed by atoms with Crippen molar-refractivity contribution in [3.05, 3.63) is 30.3 Å². The van der Waals surface area contributed by atoms with Crippen LogP contribution >= 0.6 is 0 Å². The van der Waals surface area contributed by atoms with E-state index in [1.54, 1.807) is 24.3 Å². The van der Waals surface area contributed by atoms with Crippen LogP contribution in [0.2, 0.25) is 0 Å². The van der Waals surface area contributed by atoms with E-state index in [0.717, 1.165) is 19.4 Å². The van der Waals surface area contributed by atoms with E-state index < -0.39 is 5.97 Å². The fraction of sp³-hybridized carbons (Fsp3) is 0.467. The summed E-state index contributed by atoms with van der Waals surface area (Å²) < 4.78 is 0. The SMILES string of the molecule is CN(C)CCCCNC(=O)N(CC(=O)O)c1ccccc1. The summed E-state index contributed by atoms with van der Waals surface area (Å²) in [6.45, 7) is 1.15. The molecule has 1 rings (SSSR count). The molecule has 0 aliphatic heterocycles. The number of carbonyl (C=O) groups is 2. The van der Waals surface area contributed by atoms with E-state index in [2.05, 4.69) is 10.2 Å². The third-order valence-electron chi connectivity index (χ3n) is 2.91. The minimum Gasteiger partial charge on any atom is -0.480 e. The molecule has 0 radical (unpaired) electrons. The zero-order valence-electron chi connectivity index (χ0n) is 12.6. The molecule has 0 aliphatic rings. The number of carboxylic acid groups (broad SMARTS) is 1. The lowest BCUT2D eigenvalue weighted by atomic mass is 10.3. The second kappa shape index (κ2) is 8.97. The molecule has 116 valence electrons. The van der Waals surface area contributed by atoms with Gasteiger partial charge in [0.25, 0.3) is 0 Å². The second-order valence-electron chi connectivity index (χ2n) is 5.06. The fourth-order valence-electron chi connectivity index (χ4n) is 1.87. The number of benzene rings is 1. The average molecular weight is 293 g/mol. The van der Waals surface area contributed by atoms with Crippen LogP contribution < -0.4 is 10.2 Å². The van der Waals surface area contributed by atoms with Gasteiger partial charge in [0.05, 0.1) is 0 Å². The van der Waals surface area contributed by atoms with Gasteiger partial charge in [0.15, 0.2) is 0 Å². The largest absolute Gasteiger partial charge is 0.480 e. The fourth-order valence-corrected chi connectivity index (χ4v) is 1.87. The number of carbonyl (C=O) groups excluding carboxylic acids is 1. The van der Waals surface area contributed by atoms with Crippen molar-refractivity contribution in [3.8, 4) is 0 Å². The summed E-state index contributed by atoms with van der Waals surface area (Å²) in [5.41, 5.74) is 0.575. The highest BCUT2D eigenvalue weighted by Gasteiger charge is 2.17. The Morgan fingerprint density at radius 3 is 2.38 bits per heavy atom. The molecule has 0 spiro atoms. The highest BCUT2D eigenvalue weighted by atomic mass is 16.4. The summed E-state index contributed by atoms with van der Waals surface area (Å²) in [6, 6.07) is 8.42. The van der Waals surface area contributed by atoms with Crippen molar-refractivity contribution in [2.24, 2.45) is 0 Å². The summed E-state index contributed by atoms with van der Waals surface area (Å²) in [5.74, 6) is -1.04. The first kappa shape index (κ1) is 17.0. The monoisotopic (exact) mass is 293 g/mol. The molecule has 0 bridgehead atoms. The number of aliphatic carboxylic acids is 1.